The summed E-state index contributed by atoms with van der Waals surface area (Å²) in [6.07, 6.45) is 7.63. The average Bonchev–Trinajstić information content (AvgIpc) is 2.46. The summed E-state index contributed by atoms with van der Waals surface area (Å²) < 4.78 is 0. The van der Waals surface area contributed by atoms with Crippen molar-refractivity contribution in [2.24, 2.45) is 11.8 Å². The Morgan fingerprint density at radius 1 is 1.37 bits per heavy atom. The summed E-state index contributed by atoms with van der Waals surface area (Å²) in [6.45, 7) is 2.21. The van der Waals surface area contributed by atoms with Crippen molar-refractivity contribution >= 4 is 11.7 Å². The average molecular weight is 263 g/mol. The summed E-state index contributed by atoms with van der Waals surface area (Å²) in [5, 5.41) is 0. The van der Waals surface area contributed by atoms with Crippen LogP contribution < -0.4 is 11.3 Å². The first-order valence-corrected chi connectivity index (χ1v) is 6.69. The zero-order valence-electron chi connectivity index (χ0n) is 11.5. The lowest BCUT2D eigenvalue weighted by Crippen LogP contribution is -2.42. The minimum absolute atomic E-state index is 0.0742. The van der Waals surface area contributed by atoms with E-state index >= 15 is 0 Å². The molecule has 6 heteroatoms. The molecule has 6 nitrogen and oxygen atoms in total. The lowest BCUT2D eigenvalue weighted by molar-refractivity contribution is 0.0622. The van der Waals surface area contributed by atoms with Gasteiger partial charge in [-0.1, -0.05) is 19.8 Å². The van der Waals surface area contributed by atoms with E-state index in [1.165, 1.54) is 31.7 Å². The molecule has 2 rings (SSSR count). The highest BCUT2D eigenvalue weighted by molar-refractivity contribution is 5.92. The van der Waals surface area contributed by atoms with Crippen LogP contribution in [0, 0.1) is 5.92 Å². The van der Waals surface area contributed by atoms with Crippen LogP contribution in [0.25, 0.3) is 0 Å². The van der Waals surface area contributed by atoms with E-state index in [9.17, 15) is 4.79 Å². The summed E-state index contributed by atoms with van der Waals surface area (Å²) >= 11 is 0. The van der Waals surface area contributed by atoms with Gasteiger partial charge in [-0.2, -0.15) is 0 Å². The quantitative estimate of drug-likeness (QED) is 0.636. The molecule has 0 aromatic carbocycles. The van der Waals surface area contributed by atoms with Crippen LogP contribution in [-0.2, 0) is 0 Å². The Labute approximate surface area is 113 Å². The summed E-state index contributed by atoms with van der Waals surface area (Å²) in [5.41, 5.74) is 2.75. The van der Waals surface area contributed by atoms with E-state index in [0.717, 1.165) is 6.42 Å². The number of carbonyl (C=O) groups is 1. The van der Waals surface area contributed by atoms with Gasteiger partial charge in [0.1, 0.15) is 5.69 Å². The van der Waals surface area contributed by atoms with E-state index in [1.54, 1.807) is 0 Å². The van der Waals surface area contributed by atoms with E-state index in [4.69, 9.17) is 5.84 Å². The lowest BCUT2D eigenvalue weighted by atomic mass is 9.85. The monoisotopic (exact) mass is 263 g/mol. The van der Waals surface area contributed by atoms with Crippen LogP contribution >= 0.6 is 0 Å². The van der Waals surface area contributed by atoms with Crippen molar-refractivity contribution in [3.8, 4) is 0 Å². The minimum Gasteiger partial charge on any atom is -0.337 e. The third-order valence-electron chi connectivity index (χ3n) is 3.90. The summed E-state index contributed by atoms with van der Waals surface area (Å²) in [5.74, 6) is 6.14. The maximum absolute atomic E-state index is 12.4. The third kappa shape index (κ3) is 3.01. The minimum atomic E-state index is -0.0742. The Bertz CT molecular complexity index is 433. The number of carbonyl (C=O) groups excluding carboxylic acids is 1. The van der Waals surface area contributed by atoms with Crippen molar-refractivity contribution < 1.29 is 4.79 Å². The molecule has 0 spiro atoms. The molecule has 1 amide bonds. The van der Waals surface area contributed by atoms with Crippen molar-refractivity contribution in [2.45, 2.75) is 38.6 Å². The highest BCUT2D eigenvalue weighted by Crippen LogP contribution is 2.27. The van der Waals surface area contributed by atoms with Crippen LogP contribution in [0.4, 0.5) is 5.82 Å². The zero-order chi connectivity index (χ0) is 13.8. The molecule has 2 unspecified atom stereocenters. The topological polar surface area (TPSA) is 84.1 Å². The molecular weight excluding hydrogens is 242 g/mol. The van der Waals surface area contributed by atoms with Crippen LogP contribution in [0.2, 0.25) is 0 Å². The van der Waals surface area contributed by atoms with E-state index in [0.29, 0.717) is 23.5 Å². The number of nitrogen functional groups attached to an aromatic ring is 1. The predicted molar refractivity (Wildman–Crippen MR) is 73.4 cm³/mol. The predicted octanol–water partition coefficient (Wildman–Crippen LogP) is 1.41. The molecule has 1 heterocycles. The molecule has 1 aromatic rings. The fourth-order valence-electron chi connectivity index (χ4n) is 2.72. The van der Waals surface area contributed by atoms with Crippen molar-refractivity contribution in [3.05, 3.63) is 18.1 Å². The SMILES string of the molecule is CC1CCCCC1N(C)C(=O)c1cnc(NN)cn1. The molecule has 0 aliphatic heterocycles. The Balaban J connectivity index is 2.08. The Hall–Kier alpha value is -1.69. The van der Waals surface area contributed by atoms with Crippen LogP contribution in [-0.4, -0.2) is 33.9 Å². The number of nitrogens with two attached hydrogens (primary N) is 1. The van der Waals surface area contributed by atoms with Crippen molar-refractivity contribution in [3.63, 3.8) is 0 Å². The maximum Gasteiger partial charge on any atom is 0.274 e. The van der Waals surface area contributed by atoms with Gasteiger partial charge in [-0.05, 0) is 18.8 Å². The first-order valence-electron chi connectivity index (χ1n) is 6.69. The van der Waals surface area contributed by atoms with Crippen molar-refractivity contribution in [1.82, 2.24) is 14.9 Å². The largest absolute Gasteiger partial charge is 0.337 e. The standard InChI is InChI=1S/C13H21N5O/c1-9-5-3-4-6-11(9)18(2)13(19)10-7-16-12(17-14)8-15-10/h7-9,11H,3-6,14H2,1-2H3,(H,16,17). The molecule has 0 saturated heterocycles. The van der Waals surface area contributed by atoms with Crippen LogP contribution in [0.3, 0.4) is 0 Å². The molecule has 3 N–H and O–H groups in total. The number of rotatable bonds is 3. The molecule has 104 valence electrons. The lowest BCUT2D eigenvalue weighted by Gasteiger charge is -2.36. The van der Waals surface area contributed by atoms with Crippen LogP contribution in [0.5, 0.6) is 0 Å². The summed E-state index contributed by atoms with van der Waals surface area (Å²) in [4.78, 5) is 22.3. The Morgan fingerprint density at radius 2 is 2.11 bits per heavy atom. The third-order valence-corrected chi connectivity index (χ3v) is 3.90. The second-order valence-corrected chi connectivity index (χ2v) is 5.18. The number of hydrazine groups is 1. The molecule has 0 bridgehead atoms. The summed E-state index contributed by atoms with van der Waals surface area (Å²) in [6, 6.07) is 0.301. The first-order chi connectivity index (χ1) is 9.13. The molecule has 2 atom stereocenters. The molecule has 1 aliphatic carbocycles. The van der Waals surface area contributed by atoms with E-state index < -0.39 is 0 Å². The number of nitrogens with zero attached hydrogens (tertiary/aromatic N) is 3. The number of hydrogen-bond donors (Lipinski definition) is 2. The van der Waals surface area contributed by atoms with E-state index in [1.807, 2.05) is 11.9 Å². The number of anilines is 1. The van der Waals surface area contributed by atoms with Gasteiger partial charge in [0.15, 0.2) is 5.82 Å². The zero-order valence-corrected chi connectivity index (χ0v) is 11.5. The van der Waals surface area contributed by atoms with Gasteiger partial charge in [0.25, 0.3) is 5.91 Å². The number of aromatic nitrogens is 2. The van der Waals surface area contributed by atoms with Crippen LogP contribution in [0.1, 0.15) is 43.1 Å². The number of amides is 1. The second-order valence-electron chi connectivity index (χ2n) is 5.18. The molecule has 1 fully saturated rings. The van der Waals surface area contributed by atoms with Gasteiger partial charge in [-0.15, -0.1) is 0 Å². The van der Waals surface area contributed by atoms with Gasteiger partial charge in [0, 0.05) is 13.1 Å². The molecule has 1 aromatic heterocycles. The number of nitrogens with one attached hydrogen (secondary N) is 1. The van der Waals surface area contributed by atoms with Crippen molar-refractivity contribution in [1.29, 1.82) is 0 Å². The molecule has 1 aliphatic rings. The highest BCUT2D eigenvalue weighted by Gasteiger charge is 2.28. The fraction of sp³-hybridized carbons (Fsp3) is 0.615. The fourth-order valence-corrected chi connectivity index (χ4v) is 2.72. The smallest absolute Gasteiger partial charge is 0.274 e. The number of hydrogen-bond acceptors (Lipinski definition) is 5. The Kier molecular flexibility index (Phi) is 4.31. The van der Waals surface area contributed by atoms with Gasteiger partial charge < -0.3 is 10.3 Å². The van der Waals surface area contributed by atoms with E-state index in [-0.39, 0.29) is 5.91 Å². The highest BCUT2D eigenvalue weighted by atomic mass is 16.2. The summed E-state index contributed by atoms with van der Waals surface area (Å²) in [7, 11) is 1.85. The van der Waals surface area contributed by atoms with Crippen molar-refractivity contribution in [2.75, 3.05) is 12.5 Å². The van der Waals surface area contributed by atoms with Crippen LogP contribution in [0.15, 0.2) is 12.4 Å². The second kappa shape index (κ2) is 5.97. The first kappa shape index (κ1) is 13.7. The van der Waals surface area contributed by atoms with Gasteiger partial charge >= 0.3 is 0 Å². The molecule has 0 radical (unpaired) electrons. The van der Waals surface area contributed by atoms with Gasteiger partial charge in [0.05, 0.1) is 12.4 Å². The van der Waals surface area contributed by atoms with E-state index in [2.05, 4.69) is 22.3 Å². The molecule has 19 heavy (non-hydrogen) atoms. The Morgan fingerprint density at radius 3 is 2.68 bits per heavy atom. The van der Waals surface area contributed by atoms with Gasteiger partial charge in [-0.3, -0.25) is 4.79 Å². The maximum atomic E-state index is 12.4. The van der Waals surface area contributed by atoms with Gasteiger partial charge in [0.2, 0.25) is 0 Å². The van der Waals surface area contributed by atoms with Gasteiger partial charge in [-0.25, -0.2) is 15.8 Å². The molecular formula is C13H21N5O. The molecule has 1 saturated carbocycles. The normalized spacial score (nSPS) is 22.9.